The van der Waals surface area contributed by atoms with Crippen LogP contribution in [0.3, 0.4) is 0 Å². The van der Waals surface area contributed by atoms with E-state index < -0.39 is 52.7 Å². The second-order valence-electron chi connectivity index (χ2n) is 5.95. The summed E-state index contributed by atoms with van der Waals surface area (Å²) in [6.45, 7) is 0. The summed E-state index contributed by atoms with van der Waals surface area (Å²) < 4.78 is 9.42. The minimum atomic E-state index is -1.33. The zero-order valence-electron chi connectivity index (χ0n) is 13.1. The van der Waals surface area contributed by atoms with Crippen LogP contribution in [0.4, 0.5) is 0 Å². The number of Topliss-reactive ketones (excluding diaryl/α,β-unsaturated/α-hetero) is 1. The van der Waals surface area contributed by atoms with Crippen LogP contribution >= 0.6 is 0 Å². The summed E-state index contributed by atoms with van der Waals surface area (Å²) in [6, 6.07) is 5.75. The molecule has 2 N–H and O–H groups in total. The molecule has 1 aromatic carbocycles. The Kier molecular flexibility index (Phi) is 4.12. The predicted octanol–water partition coefficient (Wildman–Crippen LogP) is -0.831. The van der Waals surface area contributed by atoms with E-state index in [9.17, 15) is 24.8 Å². The van der Waals surface area contributed by atoms with Crippen LogP contribution in [0.2, 0.25) is 0 Å². The molecule has 0 saturated heterocycles. The zero-order chi connectivity index (χ0) is 17.6. The fourth-order valence-electron chi connectivity index (χ4n) is 4.14. The van der Waals surface area contributed by atoms with Crippen molar-refractivity contribution in [2.75, 3.05) is 14.2 Å². The van der Waals surface area contributed by atoms with Crippen molar-refractivity contribution < 1.29 is 34.3 Å². The van der Waals surface area contributed by atoms with Crippen molar-refractivity contribution in [2.24, 2.45) is 11.8 Å². The summed E-state index contributed by atoms with van der Waals surface area (Å²) in [5, 5.41) is 20.4. The molecule has 0 spiro atoms. The molecule has 0 radical (unpaired) electrons. The number of esters is 2. The van der Waals surface area contributed by atoms with Crippen molar-refractivity contribution in [2.45, 2.75) is 17.9 Å². The fourth-order valence-corrected chi connectivity index (χ4v) is 4.14. The van der Waals surface area contributed by atoms with E-state index in [0.29, 0.717) is 11.1 Å². The normalized spacial score (nSPS) is 32.0. The van der Waals surface area contributed by atoms with Gasteiger partial charge in [-0.15, -0.1) is 0 Å². The van der Waals surface area contributed by atoms with Gasteiger partial charge in [0, 0.05) is 0 Å². The first-order chi connectivity index (χ1) is 11.4. The van der Waals surface area contributed by atoms with Gasteiger partial charge in [0.25, 0.3) is 0 Å². The number of rotatable bonds is 3. The summed E-state index contributed by atoms with van der Waals surface area (Å²) >= 11 is 0. The Balaban J connectivity index is 2.24. The van der Waals surface area contributed by atoms with E-state index in [-0.39, 0.29) is 0 Å². The largest absolute Gasteiger partial charge is 0.600 e. The van der Waals surface area contributed by atoms with Crippen molar-refractivity contribution in [3.63, 3.8) is 0 Å². The second-order valence-corrected chi connectivity index (χ2v) is 5.95. The number of hydrogen-bond donors (Lipinski definition) is 2. The first kappa shape index (κ1) is 16.6. The highest BCUT2D eigenvalue weighted by Gasteiger charge is 2.64. The summed E-state index contributed by atoms with van der Waals surface area (Å²) in [6.07, 6.45) is 0. The average Bonchev–Trinajstić information content (AvgIpc) is 2.85. The molecule has 128 valence electrons. The van der Waals surface area contributed by atoms with E-state index in [1.54, 1.807) is 24.3 Å². The molecule has 1 fully saturated rings. The van der Waals surface area contributed by atoms with E-state index in [1.807, 2.05) is 0 Å². The van der Waals surface area contributed by atoms with E-state index >= 15 is 0 Å². The lowest BCUT2D eigenvalue weighted by Gasteiger charge is -2.39. The van der Waals surface area contributed by atoms with Gasteiger partial charge in [0.2, 0.25) is 0 Å². The van der Waals surface area contributed by atoms with Crippen molar-refractivity contribution in [3.05, 3.63) is 40.6 Å². The molecular weight excluding hydrogens is 318 g/mol. The number of carbonyl (C=O) groups is 3. The maximum Gasteiger partial charge on any atom is 0.317 e. The highest BCUT2D eigenvalue weighted by atomic mass is 16.8. The van der Waals surface area contributed by atoms with Crippen LogP contribution in [0.1, 0.15) is 23.0 Å². The van der Waals surface area contributed by atoms with Crippen LogP contribution < -0.4 is 5.23 Å². The van der Waals surface area contributed by atoms with Gasteiger partial charge >= 0.3 is 11.9 Å². The number of hydroxylamine groups is 2. The first-order valence-corrected chi connectivity index (χ1v) is 7.45. The number of ketones is 1. The van der Waals surface area contributed by atoms with Crippen LogP contribution in [-0.4, -0.2) is 43.2 Å². The van der Waals surface area contributed by atoms with E-state index in [1.165, 1.54) is 0 Å². The Labute approximate surface area is 137 Å². The minimum absolute atomic E-state index is 0.602. The van der Waals surface area contributed by atoms with Gasteiger partial charge < -0.3 is 14.7 Å². The third kappa shape index (κ3) is 2.15. The van der Waals surface area contributed by atoms with E-state index in [2.05, 4.69) is 0 Å². The zero-order valence-corrected chi connectivity index (χ0v) is 13.1. The number of nitrogens with one attached hydrogen (secondary N) is 1. The van der Waals surface area contributed by atoms with Gasteiger partial charge in [-0.1, -0.05) is 24.3 Å². The number of hydrogen-bond acceptors (Lipinski definition) is 7. The highest BCUT2D eigenvalue weighted by Crippen LogP contribution is 2.53. The lowest BCUT2D eigenvalue weighted by atomic mass is 9.67. The Morgan fingerprint density at radius 3 is 1.79 bits per heavy atom. The molecule has 0 aromatic heterocycles. The molecule has 5 unspecified atom stereocenters. The average molecular weight is 335 g/mol. The van der Waals surface area contributed by atoms with Gasteiger partial charge in [0.1, 0.15) is 17.9 Å². The van der Waals surface area contributed by atoms with Gasteiger partial charge in [-0.2, -0.15) is 0 Å². The molecular formula is C16H17NO7. The molecule has 5 atom stereocenters. The number of methoxy groups -OCH3 is 2. The summed E-state index contributed by atoms with van der Waals surface area (Å²) in [7, 11) is 2.26. The summed E-state index contributed by atoms with van der Waals surface area (Å²) in [5.74, 6) is -6.66. The Morgan fingerprint density at radius 2 is 1.46 bits per heavy atom. The maximum absolute atomic E-state index is 12.8. The van der Waals surface area contributed by atoms with Gasteiger partial charge in [-0.3, -0.25) is 14.4 Å². The molecule has 2 bridgehead atoms. The summed E-state index contributed by atoms with van der Waals surface area (Å²) in [5.41, 5.74) is 1.20. The molecule has 3 rings (SSSR count). The van der Waals surface area contributed by atoms with Crippen molar-refractivity contribution in [3.8, 4) is 0 Å². The molecule has 24 heavy (non-hydrogen) atoms. The molecule has 1 aromatic rings. The van der Waals surface area contributed by atoms with Crippen LogP contribution in [0.25, 0.3) is 0 Å². The second kappa shape index (κ2) is 5.97. The Morgan fingerprint density at radius 1 is 1.04 bits per heavy atom. The molecule has 8 nitrogen and oxygen atoms in total. The lowest BCUT2D eigenvalue weighted by molar-refractivity contribution is -1.07. The molecule has 8 heteroatoms. The molecule has 2 aliphatic carbocycles. The molecule has 0 amide bonds. The molecule has 1 saturated carbocycles. The van der Waals surface area contributed by atoms with Crippen LogP contribution in [0, 0.1) is 17.0 Å². The third-order valence-corrected chi connectivity index (χ3v) is 5.01. The van der Waals surface area contributed by atoms with Gasteiger partial charge in [-0.25, -0.2) is 10.4 Å². The standard InChI is InChI=1S/C16H17NO7/c1-23-15(19)11-9-7-5-3-4-6-8(7)10(13(9)17(21)22)12(14(11)18)16(20)24-2/h3-6,9-13,17,21H,1-2H3. The minimum Gasteiger partial charge on any atom is -0.600 e. The van der Waals surface area contributed by atoms with Crippen LogP contribution in [0.15, 0.2) is 24.3 Å². The molecule has 2 aliphatic rings. The SMILES string of the molecule is COC(=O)C1C(=O)C(C(=O)OC)C2c3ccccc3C1C2[NH+]([O-])O. The predicted molar refractivity (Wildman–Crippen MR) is 77.8 cm³/mol. The van der Waals surface area contributed by atoms with Gasteiger partial charge in [-0.05, 0) is 11.1 Å². The topological polar surface area (TPSA) is 117 Å². The molecule has 0 aliphatic heterocycles. The number of quaternary nitrogens is 1. The van der Waals surface area contributed by atoms with Gasteiger partial charge in [0.15, 0.2) is 5.78 Å². The lowest BCUT2D eigenvalue weighted by Crippen LogP contribution is -3.10. The van der Waals surface area contributed by atoms with Crippen molar-refractivity contribution in [1.29, 1.82) is 0 Å². The number of ether oxygens (including phenoxy) is 2. The highest BCUT2D eigenvalue weighted by molar-refractivity contribution is 6.11. The quantitative estimate of drug-likeness (QED) is 0.420. The van der Waals surface area contributed by atoms with Crippen molar-refractivity contribution >= 4 is 17.7 Å². The van der Waals surface area contributed by atoms with E-state index in [0.717, 1.165) is 14.2 Å². The fraction of sp³-hybridized carbons (Fsp3) is 0.438. The first-order valence-electron chi connectivity index (χ1n) is 7.45. The third-order valence-electron chi connectivity index (χ3n) is 5.01. The molecule has 0 heterocycles. The Bertz CT molecular complexity index is 648. The summed E-state index contributed by atoms with van der Waals surface area (Å²) in [4.78, 5) is 37.3. The monoisotopic (exact) mass is 335 g/mol. The maximum atomic E-state index is 12.8. The number of carbonyl (C=O) groups excluding carboxylic acids is 3. The smallest absolute Gasteiger partial charge is 0.317 e. The number of benzene rings is 1. The Hall–Kier alpha value is -2.29. The van der Waals surface area contributed by atoms with Crippen LogP contribution in [0.5, 0.6) is 0 Å². The van der Waals surface area contributed by atoms with Crippen molar-refractivity contribution in [1.82, 2.24) is 0 Å². The van der Waals surface area contributed by atoms with Crippen LogP contribution in [-0.2, 0) is 23.9 Å². The van der Waals surface area contributed by atoms with Gasteiger partial charge in [0.05, 0.1) is 26.1 Å². The van der Waals surface area contributed by atoms with E-state index in [4.69, 9.17) is 9.47 Å². The number of fused-ring (bicyclic) bond motifs is 5.